The summed E-state index contributed by atoms with van der Waals surface area (Å²) in [5.74, 6) is -0.244. The highest BCUT2D eigenvalue weighted by atomic mass is 33.1. The Labute approximate surface area is 83.5 Å². The lowest BCUT2D eigenvalue weighted by Gasteiger charge is -2.08. The monoisotopic (exact) mass is 207 g/mol. The molecule has 2 nitrogen and oxygen atoms in total. The third-order valence-electron chi connectivity index (χ3n) is 1.76. The third kappa shape index (κ3) is 5.77. The largest absolute Gasteiger partial charge is 0.369 e. The zero-order chi connectivity index (χ0) is 9.40. The number of nitrogens with two attached hydrogens (primary N) is 1. The molecule has 0 aromatic carbocycles. The highest BCUT2D eigenvalue weighted by molar-refractivity contribution is 8.69. The molecule has 0 aliphatic rings. The number of amides is 1. The Hall–Kier alpha value is 0.170. The summed E-state index contributed by atoms with van der Waals surface area (Å²) in [5, 5.41) is -0.106. The summed E-state index contributed by atoms with van der Waals surface area (Å²) in [6.07, 6.45) is 5.59. The minimum Gasteiger partial charge on any atom is -0.369 e. The Kier molecular flexibility index (Phi) is 7.91. The molecule has 12 heavy (non-hydrogen) atoms. The normalized spacial score (nSPS) is 12.8. The Balaban J connectivity index is 3.38. The smallest absolute Gasteiger partial charge is 0.231 e. The van der Waals surface area contributed by atoms with Gasteiger partial charge in [0.25, 0.3) is 0 Å². The van der Waals surface area contributed by atoms with Crippen molar-refractivity contribution in [3.63, 3.8) is 0 Å². The van der Waals surface area contributed by atoms with Crippen molar-refractivity contribution >= 4 is 28.4 Å². The van der Waals surface area contributed by atoms with Crippen LogP contribution in [0, 0.1) is 0 Å². The zero-order valence-electron chi connectivity index (χ0n) is 7.45. The van der Waals surface area contributed by atoms with Crippen LogP contribution in [0.25, 0.3) is 0 Å². The van der Waals surface area contributed by atoms with Crippen LogP contribution in [-0.2, 0) is 4.79 Å². The van der Waals surface area contributed by atoms with Gasteiger partial charge in [0.05, 0.1) is 5.25 Å². The van der Waals surface area contributed by atoms with Crippen LogP contribution in [0.5, 0.6) is 0 Å². The van der Waals surface area contributed by atoms with Crippen LogP contribution in [-0.4, -0.2) is 11.2 Å². The van der Waals surface area contributed by atoms with Crippen molar-refractivity contribution in [3.05, 3.63) is 0 Å². The maximum absolute atomic E-state index is 10.7. The van der Waals surface area contributed by atoms with Gasteiger partial charge in [0.15, 0.2) is 0 Å². The highest BCUT2D eigenvalue weighted by Crippen LogP contribution is 2.20. The van der Waals surface area contributed by atoms with Crippen LogP contribution < -0.4 is 5.73 Å². The first-order valence-electron chi connectivity index (χ1n) is 4.32. The average molecular weight is 207 g/mol. The minimum absolute atomic E-state index is 0.106. The van der Waals surface area contributed by atoms with Gasteiger partial charge in [-0.25, -0.2) is 0 Å². The molecule has 1 unspecified atom stereocenters. The summed E-state index contributed by atoms with van der Waals surface area (Å²) in [4.78, 5) is 10.7. The summed E-state index contributed by atoms with van der Waals surface area (Å²) in [7, 11) is 1.26. The van der Waals surface area contributed by atoms with E-state index in [1.165, 1.54) is 30.1 Å². The van der Waals surface area contributed by atoms with Gasteiger partial charge < -0.3 is 5.73 Å². The van der Waals surface area contributed by atoms with Crippen molar-refractivity contribution < 1.29 is 4.79 Å². The second-order valence-electron chi connectivity index (χ2n) is 2.85. The van der Waals surface area contributed by atoms with E-state index in [9.17, 15) is 4.79 Å². The van der Waals surface area contributed by atoms with Gasteiger partial charge in [0, 0.05) is 0 Å². The topological polar surface area (TPSA) is 43.1 Å². The predicted octanol–water partition coefficient (Wildman–Crippen LogP) is 2.39. The maximum Gasteiger partial charge on any atom is 0.231 e. The van der Waals surface area contributed by atoms with E-state index in [1.54, 1.807) is 0 Å². The molecule has 0 aliphatic carbocycles. The van der Waals surface area contributed by atoms with E-state index in [0.29, 0.717) is 0 Å². The maximum atomic E-state index is 10.7. The summed E-state index contributed by atoms with van der Waals surface area (Å²) in [6.45, 7) is 2.17. The Morgan fingerprint density at radius 1 is 1.50 bits per heavy atom. The number of rotatable bonds is 7. The second kappa shape index (κ2) is 7.80. The van der Waals surface area contributed by atoms with Gasteiger partial charge in [-0.1, -0.05) is 43.4 Å². The molecule has 0 heterocycles. The number of carbonyl (C=O) groups excluding carboxylic acids is 1. The summed E-state index contributed by atoms with van der Waals surface area (Å²) in [6, 6.07) is 0. The van der Waals surface area contributed by atoms with Crippen molar-refractivity contribution in [1.82, 2.24) is 0 Å². The SMILES string of the molecule is CCCCCCC(SS)C(N)=O. The lowest BCUT2D eigenvalue weighted by molar-refractivity contribution is -0.117. The van der Waals surface area contributed by atoms with Gasteiger partial charge in [-0.2, -0.15) is 0 Å². The summed E-state index contributed by atoms with van der Waals surface area (Å²) < 4.78 is 0. The van der Waals surface area contributed by atoms with Crippen molar-refractivity contribution in [3.8, 4) is 0 Å². The molecule has 0 rings (SSSR count). The summed E-state index contributed by atoms with van der Waals surface area (Å²) in [5.41, 5.74) is 5.15. The fourth-order valence-corrected chi connectivity index (χ4v) is 2.01. The zero-order valence-corrected chi connectivity index (χ0v) is 9.16. The summed E-state index contributed by atoms with van der Waals surface area (Å²) >= 11 is 4.00. The molecule has 0 aromatic heterocycles. The van der Waals surface area contributed by atoms with Gasteiger partial charge in [0.2, 0.25) is 5.91 Å². The number of thiol groups is 1. The van der Waals surface area contributed by atoms with E-state index in [-0.39, 0.29) is 11.2 Å². The molecule has 0 saturated carbocycles. The first-order valence-corrected chi connectivity index (χ1v) is 6.25. The first kappa shape index (κ1) is 12.2. The van der Waals surface area contributed by atoms with Crippen LogP contribution in [0.3, 0.4) is 0 Å². The van der Waals surface area contributed by atoms with Crippen LogP contribution in [0.1, 0.15) is 39.0 Å². The van der Waals surface area contributed by atoms with Gasteiger partial charge >= 0.3 is 0 Å². The van der Waals surface area contributed by atoms with Gasteiger partial charge in [-0.05, 0) is 6.42 Å². The third-order valence-corrected chi connectivity index (χ3v) is 3.25. The molecule has 0 fully saturated rings. The van der Waals surface area contributed by atoms with Crippen molar-refractivity contribution in [1.29, 1.82) is 0 Å². The Morgan fingerprint density at radius 3 is 2.58 bits per heavy atom. The van der Waals surface area contributed by atoms with E-state index in [4.69, 9.17) is 5.73 Å². The lowest BCUT2D eigenvalue weighted by Crippen LogP contribution is -2.24. The molecule has 0 spiro atoms. The molecule has 0 saturated heterocycles. The molecule has 4 heteroatoms. The molecule has 0 aromatic rings. The van der Waals surface area contributed by atoms with Crippen LogP contribution in [0.2, 0.25) is 0 Å². The van der Waals surface area contributed by atoms with Crippen molar-refractivity contribution in [2.45, 2.75) is 44.3 Å². The van der Waals surface area contributed by atoms with E-state index in [0.717, 1.165) is 12.8 Å². The molecule has 72 valence electrons. The van der Waals surface area contributed by atoms with Gasteiger partial charge in [-0.15, -0.1) is 11.7 Å². The molecule has 0 bridgehead atoms. The van der Waals surface area contributed by atoms with Gasteiger partial charge in [-0.3, -0.25) is 4.79 Å². The van der Waals surface area contributed by atoms with Gasteiger partial charge in [0.1, 0.15) is 0 Å². The Morgan fingerprint density at radius 2 is 2.17 bits per heavy atom. The van der Waals surface area contributed by atoms with E-state index in [2.05, 4.69) is 18.6 Å². The lowest BCUT2D eigenvalue weighted by atomic mass is 10.1. The van der Waals surface area contributed by atoms with E-state index < -0.39 is 0 Å². The molecule has 1 amide bonds. The average Bonchev–Trinajstić information content (AvgIpc) is 2.04. The fourth-order valence-electron chi connectivity index (χ4n) is 1.00. The number of unbranched alkanes of at least 4 members (excludes halogenated alkanes) is 3. The van der Waals surface area contributed by atoms with Crippen LogP contribution in [0.15, 0.2) is 0 Å². The number of primary amides is 1. The van der Waals surface area contributed by atoms with E-state index in [1.807, 2.05) is 0 Å². The number of carbonyl (C=O) groups is 1. The van der Waals surface area contributed by atoms with Crippen LogP contribution >= 0.6 is 22.5 Å². The van der Waals surface area contributed by atoms with Crippen molar-refractivity contribution in [2.24, 2.45) is 5.73 Å². The highest BCUT2D eigenvalue weighted by Gasteiger charge is 2.12. The molecule has 1 atom stereocenters. The quantitative estimate of drug-likeness (QED) is 0.382. The molecule has 0 radical (unpaired) electrons. The predicted molar refractivity (Wildman–Crippen MR) is 58.3 cm³/mol. The fraction of sp³-hybridized carbons (Fsp3) is 0.875. The standard InChI is InChI=1S/C8H17NOS2/c1-2-3-4-5-6-7(12-11)8(9)10/h7,11H,2-6H2,1H3,(H2,9,10). The first-order chi connectivity index (χ1) is 5.72. The van der Waals surface area contributed by atoms with Crippen molar-refractivity contribution in [2.75, 3.05) is 0 Å². The number of hydrogen-bond acceptors (Lipinski definition) is 3. The number of hydrogen-bond donors (Lipinski definition) is 2. The molecule has 2 N–H and O–H groups in total. The second-order valence-corrected chi connectivity index (χ2v) is 4.26. The Bertz CT molecular complexity index is 130. The van der Waals surface area contributed by atoms with Crippen LogP contribution in [0.4, 0.5) is 0 Å². The molecular formula is C8H17NOS2. The molecule has 0 aliphatic heterocycles. The van der Waals surface area contributed by atoms with E-state index >= 15 is 0 Å². The minimum atomic E-state index is -0.244. The molecular weight excluding hydrogens is 190 g/mol.